The van der Waals surface area contributed by atoms with Crippen LogP contribution in [0.1, 0.15) is 27.0 Å². The smallest absolute Gasteiger partial charge is 0.289 e. The van der Waals surface area contributed by atoms with Gasteiger partial charge in [-0.05, 0) is 18.6 Å². The molecule has 2 aromatic carbocycles. The number of alkyl halides is 3. The summed E-state index contributed by atoms with van der Waals surface area (Å²) in [7, 11) is 0. The fourth-order valence-electron chi connectivity index (χ4n) is 3.24. The minimum Gasteiger partial charge on any atom is -0.289 e. The summed E-state index contributed by atoms with van der Waals surface area (Å²) >= 11 is 0. The van der Waals surface area contributed by atoms with Crippen LogP contribution in [0.2, 0.25) is 0 Å². The zero-order valence-corrected chi connectivity index (χ0v) is 13.2. The number of aromatic nitrogens is 1. The third-order valence-corrected chi connectivity index (χ3v) is 4.37. The molecule has 25 heavy (non-hydrogen) atoms. The van der Waals surface area contributed by atoms with Gasteiger partial charge >= 0.3 is 6.18 Å². The molecular weight excluding hydrogens is 327 g/mol. The number of allylic oxidation sites excluding steroid dienone is 1. The number of nitrogens with zero attached hydrogens (tertiary/aromatic N) is 1. The molecule has 1 aliphatic rings. The Balaban J connectivity index is 2.13. The van der Waals surface area contributed by atoms with Gasteiger partial charge in [-0.25, -0.2) is 0 Å². The van der Waals surface area contributed by atoms with Gasteiger partial charge in [-0.2, -0.15) is 13.2 Å². The summed E-state index contributed by atoms with van der Waals surface area (Å²) in [6, 6.07) is 13.6. The number of benzene rings is 2. The van der Waals surface area contributed by atoms with Crippen LogP contribution in [0.3, 0.4) is 0 Å². The maximum atomic E-state index is 13.7. The van der Waals surface area contributed by atoms with E-state index < -0.39 is 17.5 Å². The number of Topliss-reactive ketones (excluding diaryl/α,β-unsaturated/α-hetero) is 1. The molecule has 5 heteroatoms. The Labute approximate surface area is 141 Å². The van der Waals surface area contributed by atoms with Gasteiger partial charge in [-0.3, -0.25) is 9.78 Å². The van der Waals surface area contributed by atoms with E-state index in [-0.39, 0.29) is 11.1 Å². The van der Waals surface area contributed by atoms with E-state index in [1.165, 1.54) is 6.20 Å². The second-order valence-corrected chi connectivity index (χ2v) is 6.01. The minimum atomic E-state index is -4.74. The highest BCUT2D eigenvalue weighted by atomic mass is 19.4. The topological polar surface area (TPSA) is 30.0 Å². The van der Waals surface area contributed by atoms with Gasteiger partial charge in [0.05, 0.1) is 5.52 Å². The first-order valence-electron chi connectivity index (χ1n) is 7.69. The van der Waals surface area contributed by atoms with Crippen molar-refractivity contribution in [3.05, 3.63) is 82.6 Å². The number of carbonyl (C=O) groups is 1. The van der Waals surface area contributed by atoms with E-state index in [2.05, 4.69) is 4.98 Å². The second-order valence-electron chi connectivity index (χ2n) is 6.01. The van der Waals surface area contributed by atoms with E-state index in [1.54, 1.807) is 48.5 Å². The molecule has 0 radical (unpaired) electrons. The fraction of sp³-hybridized carbons (Fsp3) is 0.100. The lowest BCUT2D eigenvalue weighted by atomic mass is 9.94. The van der Waals surface area contributed by atoms with Crippen LogP contribution in [-0.2, 0) is 0 Å². The van der Waals surface area contributed by atoms with Crippen LogP contribution >= 0.6 is 0 Å². The molecule has 1 heterocycles. The van der Waals surface area contributed by atoms with Crippen LogP contribution in [0.25, 0.3) is 16.5 Å². The normalized spacial score (nSPS) is 14.3. The van der Waals surface area contributed by atoms with E-state index in [0.717, 1.165) is 5.56 Å². The maximum absolute atomic E-state index is 13.7. The highest BCUT2D eigenvalue weighted by Crippen LogP contribution is 2.46. The first kappa shape index (κ1) is 15.6. The van der Waals surface area contributed by atoms with E-state index in [1.807, 2.05) is 6.92 Å². The molecule has 0 saturated heterocycles. The van der Waals surface area contributed by atoms with Crippen molar-refractivity contribution in [2.24, 2.45) is 0 Å². The predicted molar refractivity (Wildman–Crippen MR) is 89.3 cm³/mol. The molecule has 0 saturated carbocycles. The summed E-state index contributed by atoms with van der Waals surface area (Å²) in [6.45, 7) is 1.86. The molecule has 0 amide bonds. The van der Waals surface area contributed by atoms with Gasteiger partial charge in [-0.1, -0.05) is 48.0 Å². The van der Waals surface area contributed by atoms with E-state index in [0.29, 0.717) is 22.0 Å². The molecule has 0 unspecified atom stereocenters. The van der Waals surface area contributed by atoms with Gasteiger partial charge in [-0.15, -0.1) is 0 Å². The van der Waals surface area contributed by atoms with Crippen molar-refractivity contribution in [2.45, 2.75) is 13.1 Å². The van der Waals surface area contributed by atoms with Crippen LogP contribution in [0, 0.1) is 6.92 Å². The zero-order valence-electron chi connectivity index (χ0n) is 13.2. The van der Waals surface area contributed by atoms with Crippen molar-refractivity contribution in [3.8, 4) is 0 Å². The van der Waals surface area contributed by atoms with Crippen molar-refractivity contribution in [1.82, 2.24) is 4.98 Å². The standard InChI is InChI=1S/C20H12F3NO/c1-11-6-8-12(9-7-11)16-17-13-4-2-3-5-15(13)24-10-14(17)19(25)18(16)20(21,22)23/h2-10H,1H3. The Morgan fingerprint density at radius 3 is 2.32 bits per heavy atom. The van der Waals surface area contributed by atoms with E-state index in [9.17, 15) is 18.0 Å². The van der Waals surface area contributed by atoms with Gasteiger partial charge in [0, 0.05) is 28.3 Å². The molecule has 0 N–H and O–H groups in total. The first-order valence-corrected chi connectivity index (χ1v) is 7.69. The van der Waals surface area contributed by atoms with Gasteiger partial charge in [0.1, 0.15) is 5.57 Å². The number of pyridine rings is 1. The molecule has 1 aliphatic carbocycles. The van der Waals surface area contributed by atoms with Crippen molar-refractivity contribution in [1.29, 1.82) is 0 Å². The average Bonchev–Trinajstić information content (AvgIpc) is 2.89. The summed E-state index contributed by atoms with van der Waals surface area (Å²) in [5.41, 5.74) is 0.995. The summed E-state index contributed by atoms with van der Waals surface area (Å²) in [6.07, 6.45) is -3.50. The summed E-state index contributed by atoms with van der Waals surface area (Å²) in [4.78, 5) is 16.7. The van der Waals surface area contributed by atoms with Gasteiger partial charge < -0.3 is 0 Å². The van der Waals surface area contributed by atoms with Gasteiger partial charge in [0.25, 0.3) is 0 Å². The van der Waals surface area contributed by atoms with Gasteiger partial charge in [0.15, 0.2) is 0 Å². The molecule has 0 fully saturated rings. The molecule has 0 aliphatic heterocycles. The molecule has 124 valence electrons. The molecule has 0 atom stereocenters. The average molecular weight is 339 g/mol. The fourth-order valence-corrected chi connectivity index (χ4v) is 3.24. The number of carbonyl (C=O) groups excluding carboxylic acids is 1. The number of ketones is 1. The Morgan fingerprint density at radius 1 is 0.960 bits per heavy atom. The monoisotopic (exact) mass is 339 g/mol. The Kier molecular flexibility index (Phi) is 3.29. The molecule has 3 aromatic rings. The Morgan fingerprint density at radius 2 is 1.64 bits per heavy atom. The third kappa shape index (κ3) is 2.35. The molecule has 4 rings (SSSR count). The molecule has 2 nitrogen and oxygen atoms in total. The zero-order chi connectivity index (χ0) is 17.8. The highest BCUT2D eigenvalue weighted by molar-refractivity contribution is 6.26. The molecule has 0 spiro atoms. The number of halogens is 3. The number of para-hydroxylation sites is 1. The van der Waals surface area contributed by atoms with Crippen molar-refractivity contribution < 1.29 is 18.0 Å². The van der Waals surface area contributed by atoms with Crippen LogP contribution in [-0.4, -0.2) is 16.9 Å². The second kappa shape index (κ2) is 5.28. The van der Waals surface area contributed by atoms with Crippen LogP contribution < -0.4 is 0 Å². The summed E-state index contributed by atoms with van der Waals surface area (Å²) < 4.78 is 41.1. The summed E-state index contributed by atoms with van der Waals surface area (Å²) in [5, 5.41) is 0.545. The minimum absolute atomic E-state index is 0.00148. The van der Waals surface area contributed by atoms with E-state index in [4.69, 9.17) is 0 Å². The third-order valence-electron chi connectivity index (χ3n) is 4.37. The van der Waals surface area contributed by atoms with Gasteiger partial charge in [0.2, 0.25) is 5.78 Å². The Bertz CT molecular complexity index is 1050. The number of hydrogen-bond donors (Lipinski definition) is 0. The quantitative estimate of drug-likeness (QED) is 0.617. The number of rotatable bonds is 1. The van der Waals surface area contributed by atoms with E-state index >= 15 is 0 Å². The van der Waals surface area contributed by atoms with Crippen LogP contribution in [0.5, 0.6) is 0 Å². The molecular formula is C20H12F3NO. The van der Waals surface area contributed by atoms with Crippen molar-refractivity contribution in [2.75, 3.05) is 0 Å². The predicted octanol–water partition coefficient (Wildman–Crippen LogP) is 5.10. The maximum Gasteiger partial charge on any atom is 0.420 e. The number of fused-ring (bicyclic) bond motifs is 3. The highest BCUT2D eigenvalue weighted by Gasteiger charge is 2.47. The first-order chi connectivity index (χ1) is 11.9. The van der Waals surface area contributed by atoms with Crippen molar-refractivity contribution >= 4 is 22.3 Å². The summed E-state index contributed by atoms with van der Waals surface area (Å²) in [5.74, 6) is -1.02. The lowest BCUT2D eigenvalue weighted by Crippen LogP contribution is -2.18. The number of hydrogen-bond acceptors (Lipinski definition) is 2. The Hall–Kier alpha value is -2.95. The molecule has 0 bridgehead atoms. The molecule has 1 aromatic heterocycles. The SMILES string of the molecule is Cc1ccc(C2=C(C(F)(F)F)C(=O)c3cnc4ccccc4c32)cc1. The lowest BCUT2D eigenvalue weighted by Gasteiger charge is -2.12. The lowest BCUT2D eigenvalue weighted by molar-refractivity contribution is -0.0878. The largest absolute Gasteiger partial charge is 0.420 e. The van der Waals surface area contributed by atoms with Crippen LogP contribution in [0.4, 0.5) is 13.2 Å². The van der Waals surface area contributed by atoms with Crippen LogP contribution in [0.15, 0.2) is 60.3 Å². The van der Waals surface area contributed by atoms with Crippen molar-refractivity contribution in [3.63, 3.8) is 0 Å². The number of aryl methyl sites for hydroxylation is 1.